The molecule has 0 fully saturated rings. The van der Waals surface area contributed by atoms with Gasteiger partial charge in [0.05, 0.1) is 23.6 Å². The zero-order chi connectivity index (χ0) is 19.7. The number of rotatable bonds is 4. The number of carbonyl (C=O) groups excluding carboxylic acids is 1. The van der Waals surface area contributed by atoms with Gasteiger partial charge in [-0.2, -0.15) is 8.78 Å². The molecule has 1 amide bonds. The van der Waals surface area contributed by atoms with Crippen molar-refractivity contribution in [2.45, 2.75) is 10.5 Å². The molecule has 2 heterocycles. The minimum Gasteiger partial charge on any atom is -0.300 e. The number of aromatic nitrogens is 1. The summed E-state index contributed by atoms with van der Waals surface area (Å²) in [4.78, 5) is 23.4. The fraction of sp³-hybridized carbons (Fsp3) is 0.0952. The number of nitrogens with zero attached hydrogens (tertiary/aromatic N) is 3. The molecule has 3 aromatic rings. The van der Waals surface area contributed by atoms with Crippen molar-refractivity contribution < 1.29 is 13.6 Å². The van der Waals surface area contributed by atoms with Crippen molar-refractivity contribution in [1.29, 1.82) is 0 Å². The number of pyridine rings is 1. The molecule has 0 N–H and O–H groups in total. The predicted molar refractivity (Wildman–Crippen MR) is 112 cm³/mol. The Morgan fingerprint density at radius 2 is 1.82 bits per heavy atom. The largest absolute Gasteiger partial charge is 0.321 e. The van der Waals surface area contributed by atoms with E-state index in [-0.39, 0.29) is 17.2 Å². The molecule has 1 aliphatic heterocycles. The van der Waals surface area contributed by atoms with Gasteiger partial charge in [-0.1, -0.05) is 36.4 Å². The van der Waals surface area contributed by atoms with Crippen molar-refractivity contribution in [1.82, 2.24) is 4.98 Å². The van der Waals surface area contributed by atoms with Crippen molar-refractivity contribution >= 4 is 45.6 Å². The van der Waals surface area contributed by atoms with Gasteiger partial charge in [0.1, 0.15) is 5.71 Å². The molecule has 1 aliphatic rings. The van der Waals surface area contributed by atoms with E-state index in [0.29, 0.717) is 17.8 Å². The minimum absolute atomic E-state index is 0.154. The fourth-order valence-electron chi connectivity index (χ4n) is 3.06. The van der Waals surface area contributed by atoms with Gasteiger partial charge in [-0.05, 0) is 30.3 Å². The van der Waals surface area contributed by atoms with Crippen molar-refractivity contribution in [2.75, 3.05) is 4.90 Å². The summed E-state index contributed by atoms with van der Waals surface area (Å²) in [6, 6.07) is 18.6. The molecule has 28 heavy (non-hydrogen) atoms. The SMILES string of the molecule is O=C1C(=Nc2cccc(C(F)(F)I)c2)c2ccccc2N1Cc1ccccn1. The molecule has 7 heteroatoms. The normalized spacial score (nSPS) is 15.2. The van der Waals surface area contributed by atoms with Crippen molar-refractivity contribution in [3.05, 3.63) is 89.7 Å². The Morgan fingerprint density at radius 3 is 2.57 bits per heavy atom. The summed E-state index contributed by atoms with van der Waals surface area (Å²) in [5, 5.41) is 0. The molecule has 0 aliphatic carbocycles. The second-order valence-corrected chi connectivity index (χ2v) is 7.59. The van der Waals surface area contributed by atoms with Gasteiger partial charge in [-0.15, -0.1) is 0 Å². The maximum Gasteiger partial charge on any atom is 0.321 e. The number of aliphatic imine (C=N–C) groups is 1. The number of carbonyl (C=O) groups is 1. The Balaban J connectivity index is 1.74. The highest BCUT2D eigenvalue weighted by atomic mass is 127. The molecule has 0 atom stereocenters. The van der Waals surface area contributed by atoms with Gasteiger partial charge in [-0.25, -0.2) is 4.99 Å². The summed E-state index contributed by atoms with van der Waals surface area (Å²) < 4.78 is 24.2. The molecular weight excluding hydrogens is 475 g/mol. The third kappa shape index (κ3) is 3.66. The van der Waals surface area contributed by atoms with Crippen molar-refractivity contribution in [3.63, 3.8) is 0 Å². The van der Waals surface area contributed by atoms with Crippen LogP contribution in [0.15, 0.2) is 77.9 Å². The lowest BCUT2D eigenvalue weighted by Gasteiger charge is -2.16. The second kappa shape index (κ2) is 7.38. The van der Waals surface area contributed by atoms with Gasteiger partial charge in [0, 0.05) is 39.9 Å². The number of anilines is 1. The molecule has 0 bridgehead atoms. The van der Waals surface area contributed by atoms with Crippen LogP contribution >= 0.6 is 22.6 Å². The Bertz CT molecular complexity index is 1060. The van der Waals surface area contributed by atoms with Crippen LogP contribution in [0, 0.1) is 0 Å². The Kier molecular flexibility index (Phi) is 4.92. The average molecular weight is 489 g/mol. The van der Waals surface area contributed by atoms with Gasteiger partial charge in [0.25, 0.3) is 5.91 Å². The van der Waals surface area contributed by atoms with Crippen LogP contribution in [0.25, 0.3) is 0 Å². The van der Waals surface area contributed by atoms with Crippen LogP contribution in [-0.2, 0) is 15.3 Å². The quantitative estimate of drug-likeness (QED) is 0.372. The summed E-state index contributed by atoms with van der Waals surface area (Å²) in [5.74, 6) is -0.279. The minimum atomic E-state index is -3.00. The molecular formula is C21H14F2IN3O. The van der Waals surface area contributed by atoms with Crippen molar-refractivity contribution in [3.8, 4) is 0 Å². The van der Waals surface area contributed by atoms with Crippen LogP contribution < -0.4 is 4.90 Å². The molecule has 0 spiro atoms. The molecule has 4 nitrogen and oxygen atoms in total. The zero-order valence-electron chi connectivity index (χ0n) is 14.5. The van der Waals surface area contributed by atoms with Gasteiger partial charge < -0.3 is 4.90 Å². The Labute approximate surface area is 174 Å². The highest BCUT2D eigenvalue weighted by molar-refractivity contribution is 14.1. The number of hydrogen-bond donors (Lipinski definition) is 0. The molecule has 0 saturated carbocycles. The van der Waals surface area contributed by atoms with Gasteiger partial charge in [-0.3, -0.25) is 9.78 Å². The summed E-state index contributed by atoms with van der Waals surface area (Å²) >= 11 is 1.08. The number of fused-ring (bicyclic) bond motifs is 1. The first-order chi connectivity index (χ1) is 13.4. The number of para-hydroxylation sites is 1. The van der Waals surface area contributed by atoms with Crippen LogP contribution in [-0.4, -0.2) is 16.6 Å². The molecule has 4 rings (SSSR count). The van der Waals surface area contributed by atoms with Crippen LogP contribution in [0.1, 0.15) is 16.8 Å². The molecule has 2 aromatic carbocycles. The summed E-state index contributed by atoms with van der Waals surface area (Å²) in [6.07, 6.45) is 1.67. The standard InChI is InChI=1S/C21H14F2IN3O/c22-21(23,24)14-6-5-8-15(12-14)26-19-17-9-1-2-10-18(17)27(20(19)28)13-16-7-3-4-11-25-16/h1-12H,13H2. The van der Waals surface area contributed by atoms with E-state index in [9.17, 15) is 13.6 Å². The van der Waals surface area contributed by atoms with E-state index in [2.05, 4.69) is 9.98 Å². The predicted octanol–water partition coefficient (Wildman–Crippen LogP) is 5.23. The lowest BCUT2D eigenvalue weighted by atomic mass is 10.1. The number of benzene rings is 2. The van der Waals surface area contributed by atoms with Gasteiger partial charge >= 0.3 is 3.93 Å². The van der Waals surface area contributed by atoms with E-state index < -0.39 is 3.93 Å². The van der Waals surface area contributed by atoms with E-state index in [1.807, 2.05) is 36.4 Å². The average Bonchev–Trinajstić information content (AvgIpc) is 2.94. The molecule has 0 saturated heterocycles. The van der Waals surface area contributed by atoms with E-state index in [1.165, 1.54) is 18.2 Å². The van der Waals surface area contributed by atoms with E-state index >= 15 is 0 Å². The summed E-state index contributed by atoms with van der Waals surface area (Å²) in [5.41, 5.74) is 2.55. The third-order valence-electron chi connectivity index (χ3n) is 4.36. The third-order valence-corrected chi connectivity index (χ3v) is 4.98. The highest BCUT2D eigenvalue weighted by Gasteiger charge is 2.34. The van der Waals surface area contributed by atoms with Gasteiger partial charge in [0.15, 0.2) is 0 Å². The zero-order valence-corrected chi connectivity index (χ0v) is 16.7. The monoisotopic (exact) mass is 489 g/mol. The first-order valence-corrected chi connectivity index (χ1v) is 9.58. The molecule has 0 unspecified atom stereocenters. The first-order valence-electron chi connectivity index (χ1n) is 8.50. The highest BCUT2D eigenvalue weighted by Crippen LogP contribution is 2.37. The number of hydrogen-bond acceptors (Lipinski definition) is 3. The number of halogens is 3. The maximum absolute atomic E-state index is 13.6. The van der Waals surface area contributed by atoms with Crippen molar-refractivity contribution in [2.24, 2.45) is 4.99 Å². The van der Waals surface area contributed by atoms with Gasteiger partial charge in [0.2, 0.25) is 0 Å². The Hall–Kier alpha value is -2.68. The molecule has 1 aromatic heterocycles. The second-order valence-electron chi connectivity index (χ2n) is 6.24. The summed E-state index contributed by atoms with van der Waals surface area (Å²) in [6.45, 7) is 0.307. The number of alkyl halides is 3. The Morgan fingerprint density at radius 1 is 1.04 bits per heavy atom. The maximum atomic E-state index is 13.6. The molecule has 140 valence electrons. The van der Waals surface area contributed by atoms with Crippen LogP contribution in [0.4, 0.5) is 20.2 Å². The first kappa shape index (κ1) is 18.7. The topological polar surface area (TPSA) is 45.6 Å². The smallest absolute Gasteiger partial charge is 0.300 e. The van der Waals surface area contributed by atoms with E-state index in [4.69, 9.17) is 0 Å². The molecule has 0 radical (unpaired) electrons. The van der Waals surface area contributed by atoms with E-state index in [1.54, 1.807) is 23.2 Å². The van der Waals surface area contributed by atoms with Crippen LogP contribution in [0.3, 0.4) is 0 Å². The van der Waals surface area contributed by atoms with Crippen LogP contribution in [0.2, 0.25) is 0 Å². The van der Waals surface area contributed by atoms with Crippen LogP contribution in [0.5, 0.6) is 0 Å². The summed E-state index contributed by atoms with van der Waals surface area (Å²) in [7, 11) is 0. The number of amides is 1. The lowest BCUT2D eigenvalue weighted by molar-refractivity contribution is -0.112. The van der Waals surface area contributed by atoms with E-state index in [0.717, 1.165) is 34.0 Å². The lowest BCUT2D eigenvalue weighted by Crippen LogP contribution is -2.29. The fourth-order valence-corrected chi connectivity index (χ4v) is 3.40.